The number of benzene rings is 1. The number of hydrogen-bond donors (Lipinski definition) is 2. The van der Waals surface area contributed by atoms with Crippen LogP contribution in [-0.4, -0.2) is 58.6 Å². The van der Waals surface area contributed by atoms with Gasteiger partial charge in [0.1, 0.15) is 0 Å². The molecule has 174 valence electrons. The van der Waals surface area contributed by atoms with Crippen LogP contribution in [0, 0.1) is 0 Å². The number of likely N-dealkylation sites (tertiary alicyclic amines) is 1. The van der Waals surface area contributed by atoms with Crippen molar-refractivity contribution < 1.29 is 14.3 Å². The van der Waals surface area contributed by atoms with Gasteiger partial charge in [-0.15, -0.1) is 10.2 Å². The summed E-state index contributed by atoms with van der Waals surface area (Å²) in [5, 5.41) is 15.4. The van der Waals surface area contributed by atoms with Crippen LogP contribution in [0.1, 0.15) is 45.1 Å². The van der Waals surface area contributed by atoms with Crippen LogP contribution in [0.5, 0.6) is 0 Å². The smallest absolute Gasteiger partial charge is 0.409 e. The lowest BCUT2D eigenvalue weighted by Gasteiger charge is -2.31. The highest BCUT2D eigenvalue weighted by atomic mass is 32.2. The van der Waals surface area contributed by atoms with Crippen LogP contribution < -0.4 is 10.6 Å². The van der Waals surface area contributed by atoms with Crippen LogP contribution >= 0.6 is 23.1 Å². The Kier molecular flexibility index (Phi) is 9.61. The molecule has 2 N–H and O–H groups in total. The van der Waals surface area contributed by atoms with Crippen molar-refractivity contribution in [1.29, 1.82) is 0 Å². The third kappa shape index (κ3) is 7.67. The molecule has 10 heteroatoms. The normalized spacial score (nSPS) is 14.2. The maximum absolute atomic E-state index is 12.3. The summed E-state index contributed by atoms with van der Waals surface area (Å²) in [5.74, 6) is 0.260. The van der Waals surface area contributed by atoms with Crippen LogP contribution in [-0.2, 0) is 16.0 Å². The van der Waals surface area contributed by atoms with E-state index in [1.165, 1.54) is 41.5 Å². The predicted molar refractivity (Wildman–Crippen MR) is 129 cm³/mol. The molecule has 0 aliphatic carbocycles. The average Bonchev–Trinajstić information content (AvgIpc) is 3.25. The number of nitrogens with one attached hydrogen (secondary N) is 2. The van der Waals surface area contributed by atoms with E-state index in [9.17, 15) is 9.59 Å². The number of amides is 2. The highest BCUT2D eigenvalue weighted by Crippen LogP contribution is 2.28. The SMILES string of the molecule is CCCCc1ccc(Nc2nnc(SCC(=O)NC3CCN(C(=O)OCC)CC3)s2)cc1. The zero-order valence-corrected chi connectivity index (χ0v) is 20.3. The van der Waals surface area contributed by atoms with E-state index in [0.29, 0.717) is 30.6 Å². The van der Waals surface area contributed by atoms with Crippen molar-refractivity contribution in [3.8, 4) is 0 Å². The average molecular weight is 478 g/mol. The van der Waals surface area contributed by atoms with Crippen LogP contribution in [0.2, 0.25) is 0 Å². The number of nitrogens with zero attached hydrogens (tertiary/aromatic N) is 3. The van der Waals surface area contributed by atoms with Gasteiger partial charge in [0.2, 0.25) is 11.0 Å². The molecule has 1 aromatic heterocycles. The van der Waals surface area contributed by atoms with Gasteiger partial charge in [-0.05, 0) is 50.3 Å². The van der Waals surface area contributed by atoms with Gasteiger partial charge >= 0.3 is 6.09 Å². The number of rotatable bonds is 10. The summed E-state index contributed by atoms with van der Waals surface area (Å²) in [6.07, 6.45) is 4.69. The summed E-state index contributed by atoms with van der Waals surface area (Å²) < 4.78 is 5.77. The second-order valence-electron chi connectivity index (χ2n) is 7.62. The first kappa shape index (κ1) is 24.3. The standard InChI is InChI=1S/C22H31N5O3S2/c1-3-5-6-16-7-9-17(10-8-16)24-20-25-26-21(32-20)31-15-19(28)23-18-11-13-27(14-12-18)22(29)30-4-2/h7-10,18H,3-6,11-15H2,1-2H3,(H,23,28)(H,24,25). The second kappa shape index (κ2) is 12.6. The zero-order valence-electron chi connectivity index (χ0n) is 18.6. The molecule has 1 aliphatic rings. The molecule has 1 saturated heterocycles. The monoisotopic (exact) mass is 477 g/mol. The van der Waals surface area contributed by atoms with Gasteiger partial charge in [0.15, 0.2) is 4.34 Å². The number of unbranched alkanes of at least 4 members (excludes halogenated alkanes) is 1. The highest BCUT2D eigenvalue weighted by molar-refractivity contribution is 8.01. The molecule has 0 spiro atoms. The maximum atomic E-state index is 12.3. The number of aryl methyl sites for hydroxylation is 1. The third-order valence-corrected chi connectivity index (χ3v) is 7.12. The third-order valence-electron chi connectivity index (χ3n) is 5.14. The molecule has 0 atom stereocenters. The van der Waals surface area contributed by atoms with E-state index in [-0.39, 0.29) is 18.0 Å². The number of carbonyl (C=O) groups is 2. The maximum Gasteiger partial charge on any atom is 0.409 e. The lowest BCUT2D eigenvalue weighted by atomic mass is 10.1. The highest BCUT2D eigenvalue weighted by Gasteiger charge is 2.24. The molecule has 2 amide bonds. The molecule has 0 saturated carbocycles. The molecule has 0 bridgehead atoms. The topological polar surface area (TPSA) is 96.5 Å². The van der Waals surface area contributed by atoms with E-state index < -0.39 is 0 Å². The Morgan fingerprint density at radius 2 is 1.94 bits per heavy atom. The lowest BCUT2D eigenvalue weighted by molar-refractivity contribution is -0.119. The quantitative estimate of drug-likeness (QED) is 0.488. The molecule has 0 unspecified atom stereocenters. The molecule has 3 rings (SSSR count). The molecule has 1 aromatic carbocycles. The van der Waals surface area contributed by atoms with Gasteiger partial charge in [-0.1, -0.05) is 48.6 Å². The molecule has 32 heavy (non-hydrogen) atoms. The summed E-state index contributed by atoms with van der Waals surface area (Å²) in [5.41, 5.74) is 2.31. The van der Waals surface area contributed by atoms with Gasteiger partial charge in [0, 0.05) is 24.8 Å². The van der Waals surface area contributed by atoms with Crippen molar-refractivity contribution in [3.05, 3.63) is 29.8 Å². The van der Waals surface area contributed by atoms with Gasteiger partial charge in [0.25, 0.3) is 0 Å². The molecular formula is C22H31N5O3S2. The Bertz CT molecular complexity index is 867. The van der Waals surface area contributed by atoms with Crippen LogP contribution in [0.25, 0.3) is 0 Å². The number of thioether (sulfide) groups is 1. The van der Waals surface area contributed by atoms with E-state index in [1.807, 2.05) is 0 Å². The zero-order chi connectivity index (χ0) is 22.8. The second-order valence-corrected chi connectivity index (χ2v) is 9.82. The van der Waals surface area contributed by atoms with Gasteiger partial charge in [-0.3, -0.25) is 4.79 Å². The first-order valence-corrected chi connectivity index (χ1v) is 12.9. The Balaban J connectivity index is 1.37. The van der Waals surface area contributed by atoms with E-state index in [1.54, 1.807) is 11.8 Å². The van der Waals surface area contributed by atoms with Crippen LogP contribution in [0.15, 0.2) is 28.6 Å². The first-order chi connectivity index (χ1) is 15.6. The van der Waals surface area contributed by atoms with Crippen LogP contribution in [0.4, 0.5) is 15.6 Å². The lowest BCUT2D eigenvalue weighted by Crippen LogP contribution is -2.47. The Morgan fingerprint density at radius 3 is 2.62 bits per heavy atom. The summed E-state index contributed by atoms with van der Waals surface area (Å²) in [4.78, 5) is 25.8. The predicted octanol–water partition coefficient (Wildman–Crippen LogP) is 4.45. The number of anilines is 2. The fourth-order valence-corrected chi connectivity index (χ4v) is 4.98. The summed E-state index contributed by atoms with van der Waals surface area (Å²) in [6, 6.07) is 8.47. The largest absolute Gasteiger partial charge is 0.450 e. The van der Waals surface area contributed by atoms with Crippen LogP contribution in [0.3, 0.4) is 0 Å². The first-order valence-electron chi connectivity index (χ1n) is 11.1. The molecule has 1 fully saturated rings. The van der Waals surface area contributed by atoms with Crippen molar-refractivity contribution in [1.82, 2.24) is 20.4 Å². The molecule has 2 aromatic rings. The van der Waals surface area contributed by atoms with Gasteiger partial charge in [-0.2, -0.15) is 0 Å². The fraction of sp³-hybridized carbons (Fsp3) is 0.545. The van der Waals surface area contributed by atoms with Gasteiger partial charge in [-0.25, -0.2) is 4.79 Å². The number of aromatic nitrogens is 2. The van der Waals surface area contributed by atoms with E-state index in [4.69, 9.17) is 4.74 Å². The van der Waals surface area contributed by atoms with E-state index in [0.717, 1.165) is 29.3 Å². The minimum absolute atomic E-state index is 0.0306. The van der Waals surface area contributed by atoms with Crippen molar-refractivity contribution in [2.75, 3.05) is 30.8 Å². The summed E-state index contributed by atoms with van der Waals surface area (Å²) in [6.45, 7) is 5.57. The number of carbonyl (C=O) groups excluding carboxylic acids is 2. The fourth-order valence-electron chi connectivity index (χ4n) is 3.40. The Hall–Kier alpha value is -2.33. The number of ether oxygens (including phenoxy) is 1. The van der Waals surface area contributed by atoms with Gasteiger partial charge < -0.3 is 20.3 Å². The van der Waals surface area contributed by atoms with Crippen molar-refractivity contribution in [2.45, 2.75) is 56.3 Å². The minimum Gasteiger partial charge on any atom is -0.450 e. The Morgan fingerprint density at radius 1 is 1.19 bits per heavy atom. The van der Waals surface area contributed by atoms with Crippen molar-refractivity contribution >= 4 is 45.9 Å². The summed E-state index contributed by atoms with van der Waals surface area (Å²) >= 11 is 2.81. The molecule has 8 nitrogen and oxygen atoms in total. The van der Waals surface area contributed by atoms with E-state index >= 15 is 0 Å². The minimum atomic E-state index is -0.277. The van der Waals surface area contributed by atoms with Crippen molar-refractivity contribution in [3.63, 3.8) is 0 Å². The molecule has 1 aliphatic heterocycles. The molecular weight excluding hydrogens is 446 g/mol. The number of hydrogen-bond acceptors (Lipinski definition) is 8. The van der Waals surface area contributed by atoms with Gasteiger partial charge in [0.05, 0.1) is 12.4 Å². The number of piperidine rings is 1. The van der Waals surface area contributed by atoms with Crippen molar-refractivity contribution in [2.24, 2.45) is 0 Å². The molecule has 2 heterocycles. The summed E-state index contributed by atoms with van der Waals surface area (Å²) in [7, 11) is 0. The van der Waals surface area contributed by atoms with E-state index in [2.05, 4.69) is 52.0 Å². The Labute approximate surface area is 197 Å². The molecule has 0 radical (unpaired) electrons.